The number of amides is 1. The van der Waals surface area contributed by atoms with Crippen LogP contribution >= 0.6 is 11.6 Å². The van der Waals surface area contributed by atoms with Gasteiger partial charge in [0.1, 0.15) is 5.82 Å². The van der Waals surface area contributed by atoms with Gasteiger partial charge in [-0.3, -0.25) is 4.79 Å². The summed E-state index contributed by atoms with van der Waals surface area (Å²) < 4.78 is 12.7. The summed E-state index contributed by atoms with van der Waals surface area (Å²) in [5.41, 5.74) is 1.30. The zero-order valence-corrected chi connectivity index (χ0v) is 10.7. The Balaban J connectivity index is 2.02. The standard InChI is InChI=1S/C15H11ClFNO/c16-13-3-1-2-4-14(13)18-15(19)10-7-11-5-8-12(17)9-6-11/h1-10H,(H,18,19)/b10-7-. The second kappa shape index (κ2) is 6.16. The van der Waals surface area contributed by atoms with Crippen molar-refractivity contribution in [3.8, 4) is 0 Å². The quantitative estimate of drug-likeness (QED) is 0.839. The molecule has 2 nitrogen and oxygen atoms in total. The van der Waals surface area contributed by atoms with Gasteiger partial charge < -0.3 is 5.32 Å². The van der Waals surface area contributed by atoms with Crippen molar-refractivity contribution in [3.05, 3.63) is 71.0 Å². The van der Waals surface area contributed by atoms with Crippen molar-refractivity contribution in [1.82, 2.24) is 0 Å². The van der Waals surface area contributed by atoms with Gasteiger partial charge in [0.25, 0.3) is 0 Å². The van der Waals surface area contributed by atoms with Crippen molar-refractivity contribution in [3.63, 3.8) is 0 Å². The molecule has 0 radical (unpaired) electrons. The Morgan fingerprint density at radius 1 is 1.11 bits per heavy atom. The van der Waals surface area contributed by atoms with Crippen LogP contribution < -0.4 is 5.32 Å². The van der Waals surface area contributed by atoms with E-state index in [1.165, 1.54) is 18.2 Å². The number of hydrogen-bond donors (Lipinski definition) is 1. The van der Waals surface area contributed by atoms with Crippen LogP contribution in [-0.2, 0) is 4.79 Å². The first kappa shape index (κ1) is 13.3. The van der Waals surface area contributed by atoms with Gasteiger partial charge in [-0.25, -0.2) is 4.39 Å². The zero-order chi connectivity index (χ0) is 13.7. The van der Waals surface area contributed by atoms with Gasteiger partial charge in [0.05, 0.1) is 10.7 Å². The molecule has 1 amide bonds. The molecule has 0 aliphatic heterocycles. The number of carbonyl (C=O) groups excluding carboxylic acids is 1. The SMILES string of the molecule is O=C(/C=C\c1ccc(F)cc1)Nc1ccccc1Cl. The monoisotopic (exact) mass is 275 g/mol. The molecule has 0 heterocycles. The number of rotatable bonds is 3. The van der Waals surface area contributed by atoms with E-state index in [0.29, 0.717) is 10.7 Å². The highest BCUT2D eigenvalue weighted by atomic mass is 35.5. The van der Waals surface area contributed by atoms with Crippen LogP contribution in [0.5, 0.6) is 0 Å². The summed E-state index contributed by atoms with van der Waals surface area (Å²) in [6.45, 7) is 0. The highest BCUT2D eigenvalue weighted by Gasteiger charge is 2.01. The number of carbonyl (C=O) groups is 1. The molecule has 0 atom stereocenters. The van der Waals surface area contributed by atoms with E-state index in [1.807, 2.05) is 0 Å². The van der Waals surface area contributed by atoms with E-state index >= 15 is 0 Å². The fraction of sp³-hybridized carbons (Fsp3) is 0. The predicted molar refractivity (Wildman–Crippen MR) is 75.5 cm³/mol. The summed E-state index contributed by atoms with van der Waals surface area (Å²) in [5.74, 6) is -0.602. The number of hydrogen-bond acceptors (Lipinski definition) is 1. The van der Waals surface area contributed by atoms with Crippen molar-refractivity contribution in [2.24, 2.45) is 0 Å². The van der Waals surface area contributed by atoms with Crippen molar-refractivity contribution in [1.29, 1.82) is 0 Å². The van der Waals surface area contributed by atoms with E-state index in [1.54, 1.807) is 42.5 Å². The third-order valence-electron chi connectivity index (χ3n) is 2.43. The van der Waals surface area contributed by atoms with Crippen molar-refractivity contribution >= 4 is 29.3 Å². The van der Waals surface area contributed by atoms with E-state index in [2.05, 4.69) is 5.32 Å². The van der Waals surface area contributed by atoms with Crippen LogP contribution in [0.25, 0.3) is 6.08 Å². The Hall–Kier alpha value is -2.13. The van der Waals surface area contributed by atoms with E-state index in [9.17, 15) is 9.18 Å². The Morgan fingerprint density at radius 3 is 2.47 bits per heavy atom. The lowest BCUT2D eigenvalue weighted by Crippen LogP contribution is -2.07. The van der Waals surface area contributed by atoms with Gasteiger partial charge in [0.2, 0.25) is 5.91 Å². The number of halogens is 2. The van der Waals surface area contributed by atoms with E-state index in [4.69, 9.17) is 11.6 Å². The van der Waals surface area contributed by atoms with Crippen LogP contribution in [-0.4, -0.2) is 5.91 Å². The lowest BCUT2D eigenvalue weighted by Gasteiger charge is -2.03. The summed E-state index contributed by atoms with van der Waals surface area (Å²) >= 11 is 5.92. The molecule has 0 fully saturated rings. The highest BCUT2D eigenvalue weighted by Crippen LogP contribution is 2.20. The van der Waals surface area contributed by atoms with Crippen LogP contribution in [0.1, 0.15) is 5.56 Å². The largest absolute Gasteiger partial charge is 0.321 e. The average molecular weight is 276 g/mol. The molecule has 2 aromatic rings. The Morgan fingerprint density at radius 2 is 1.79 bits per heavy atom. The van der Waals surface area contributed by atoms with Gasteiger partial charge in [-0.2, -0.15) is 0 Å². The minimum atomic E-state index is -0.308. The minimum Gasteiger partial charge on any atom is -0.321 e. The molecule has 0 saturated heterocycles. The third kappa shape index (κ3) is 3.93. The van der Waals surface area contributed by atoms with Gasteiger partial charge in [-0.15, -0.1) is 0 Å². The molecule has 0 aromatic heterocycles. The third-order valence-corrected chi connectivity index (χ3v) is 2.76. The first-order chi connectivity index (χ1) is 9.15. The Bertz CT molecular complexity index is 608. The molecule has 0 spiro atoms. The molecule has 0 saturated carbocycles. The second-order valence-electron chi connectivity index (χ2n) is 3.85. The van der Waals surface area contributed by atoms with Crippen molar-refractivity contribution in [2.75, 3.05) is 5.32 Å². The first-order valence-electron chi connectivity index (χ1n) is 5.64. The maximum atomic E-state index is 12.7. The minimum absolute atomic E-state index is 0.294. The van der Waals surface area contributed by atoms with Crippen LogP contribution in [0, 0.1) is 5.82 Å². The van der Waals surface area contributed by atoms with Crippen LogP contribution in [0.3, 0.4) is 0 Å². The summed E-state index contributed by atoms with van der Waals surface area (Å²) in [4.78, 5) is 11.7. The lowest BCUT2D eigenvalue weighted by atomic mass is 10.2. The van der Waals surface area contributed by atoms with Gasteiger partial charge in [-0.1, -0.05) is 35.9 Å². The normalized spacial score (nSPS) is 10.6. The molecule has 0 unspecified atom stereocenters. The molecule has 4 heteroatoms. The van der Waals surface area contributed by atoms with Gasteiger partial charge >= 0.3 is 0 Å². The highest BCUT2D eigenvalue weighted by molar-refractivity contribution is 6.33. The van der Waals surface area contributed by atoms with E-state index in [-0.39, 0.29) is 11.7 Å². The molecular weight excluding hydrogens is 265 g/mol. The number of anilines is 1. The molecule has 0 aliphatic carbocycles. The molecule has 0 aliphatic rings. The molecule has 1 N–H and O–H groups in total. The van der Waals surface area contributed by atoms with Gasteiger partial charge in [-0.05, 0) is 35.9 Å². The predicted octanol–water partition coefficient (Wildman–Crippen LogP) is 4.13. The lowest BCUT2D eigenvalue weighted by molar-refractivity contribution is -0.111. The average Bonchev–Trinajstić information content (AvgIpc) is 2.41. The second-order valence-corrected chi connectivity index (χ2v) is 4.26. The van der Waals surface area contributed by atoms with Crippen LogP contribution in [0.15, 0.2) is 54.6 Å². The number of nitrogens with one attached hydrogen (secondary N) is 1. The van der Waals surface area contributed by atoms with E-state index < -0.39 is 0 Å². The van der Waals surface area contributed by atoms with Crippen LogP contribution in [0.2, 0.25) is 5.02 Å². The van der Waals surface area contributed by atoms with Gasteiger partial charge in [0.15, 0.2) is 0 Å². The molecular formula is C15H11ClFNO. The topological polar surface area (TPSA) is 29.1 Å². The van der Waals surface area contributed by atoms with Crippen molar-refractivity contribution in [2.45, 2.75) is 0 Å². The summed E-state index contributed by atoms with van der Waals surface area (Å²) in [6.07, 6.45) is 2.97. The zero-order valence-electron chi connectivity index (χ0n) is 9.94. The van der Waals surface area contributed by atoms with E-state index in [0.717, 1.165) is 5.56 Å². The Labute approximate surface area is 115 Å². The van der Waals surface area contributed by atoms with Crippen molar-refractivity contribution < 1.29 is 9.18 Å². The maximum Gasteiger partial charge on any atom is 0.248 e. The summed E-state index contributed by atoms with van der Waals surface area (Å²) in [7, 11) is 0. The molecule has 19 heavy (non-hydrogen) atoms. The fourth-order valence-corrected chi connectivity index (χ4v) is 1.67. The molecule has 96 valence electrons. The summed E-state index contributed by atoms with van der Waals surface area (Å²) in [5, 5.41) is 3.14. The van der Waals surface area contributed by atoms with Crippen LogP contribution in [0.4, 0.5) is 10.1 Å². The number of para-hydroxylation sites is 1. The molecule has 2 aromatic carbocycles. The Kier molecular flexibility index (Phi) is 4.31. The number of benzene rings is 2. The smallest absolute Gasteiger partial charge is 0.248 e. The molecule has 0 bridgehead atoms. The maximum absolute atomic E-state index is 12.7. The summed E-state index contributed by atoms with van der Waals surface area (Å²) in [6, 6.07) is 12.8. The fourth-order valence-electron chi connectivity index (χ4n) is 1.48. The molecule has 2 rings (SSSR count). The van der Waals surface area contributed by atoms with Gasteiger partial charge in [0, 0.05) is 6.08 Å². The first-order valence-corrected chi connectivity index (χ1v) is 6.02.